The summed E-state index contributed by atoms with van der Waals surface area (Å²) in [6, 6.07) is 6.29. The molecule has 3 aliphatic rings. The van der Waals surface area contributed by atoms with Crippen LogP contribution in [-0.4, -0.2) is 67.7 Å². The molecule has 0 unspecified atom stereocenters. The third-order valence-electron chi connectivity index (χ3n) is 5.62. The highest BCUT2D eigenvalue weighted by atomic mass is 16.5. The van der Waals surface area contributed by atoms with Crippen LogP contribution < -0.4 is 4.74 Å². The zero-order valence-corrected chi connectivity index (χ0v) is 14.9. The first-order chi connectivity index (χ1) is 12.3. The highest BCUT2D eigenvalue weighted by molar-refractivity contribution is 5.95. The molecular weight excluding hydrogens is 316 g/mol. The Labute approximate surface area is 149 Å². The van der Waals surface area contributed by atoms with E-state index >= 15 is 0 Å². The van der Waals surface area contributed by atoms with E-state index in [0.717, 1.165) is 83.0 Å². The number of piperidine rings is 1. The monoisotopic (exact) mass is 344 g/mol. The van der Waals surface area contributed by atoms with Crippen molar-refractivity contribution < 1.29 is 14.3 Å². The number of carbonyl (C=O) groups excluding carboxylic acids is 1. The van der Waals surface area contributed by atoms with Crippen molar-refractivity contribution >= 4 is 5.91 Å². The topological polar surface area (TPSA) is 42.0 Å². The van der Waals surface area contributed by atoms with Gasteiger partial charge >= 0.3 is 0 Å². The third-order valence-corrected chi connectivity index (χ3v) is 5.62. The molecule has 25 heavy (non-hydrogen) atoms. The molecule has 2 fully saturated rings. The minimum absolute atomic E-state index is 0.186. The summed E-state index contributed by atoms with van der Waals surface area (Å²) in [6.07, 6.45) is 5.48. The summed E-state index contributed by atoms with van der Waals surface area (Å²) in [6.45, 7) is 6.22. The standard InChI is InChI=1S/C20H28N2O3/c23-20(17-6-7-19-16(14-17)4-3-11-25-19)22-8-2-1-5-18(22)15-21-9-12-24-13-10-21/h6-7,14,18H,1-5,8-13,15H2/t18-/m0/s1. The van der Waals surface area contributed by atoms with Gasteiger partial charge in [-0.15, -0.1) is 0 Å². The number of morpholine rings is 1. The van der Waals surface area contributed by atoms with Crippen molar-refractivity contribution in [1.82, 2.24) is 9.80 Å². The van der Waals surface area contributed by atoms with Crippen LogP contribution in [-0.2, 0) is 11.2 Å². The Kier molecular flexibility index (Phi) is 5.22. The average Bonchev–Trinajstić information content (AvgIpc) is 2.68. The van der Waals surface area contributed by atoms with E-state index in [4.69, 9.17) is 9.47 Å². The molecular formula is C20H28N2O3. The van der Waals surface area contributed by atoms with Gasteiger partial charge in [-0.1, -0.05) is 0 Å². The van der Waals surface area contributed by atoms with Gasteiger partial charge < -0.3 is 14.4 Å². The van der Waals surface area contributed by atoms with Gasteiger partial charge in [0.2, 0.25) is 0 Å². The summed E-state index contributed by atoms with van der Waals surface area (Å²) in [5.74, 6) is 1.14. The van der Waals surface area contributed by atoms with Crippen molar-refractivity contribution in [1.29, 1.82) is 0 Å². The molecule has 5 heteroatoms. The van der Waals surface area contributed by atoms with E-state index in [1.54, 1.807) is 0 Å². The predicted molar refractivity (Wildman–Crippen MR) is 96.2 cm³/mol. The molecule has 3 aliphatic heterocycles. The first kappa shape index (κ1) is 16.9. The summed E-state index contributed by atoms with van der Waals surface area (Å²) in [7, 11) is 0. The first-order valence-corrected chi connectivity index (χ1v) is 9.68. The smallest absolute Gasteiger partial charge is 0.254 e. The van der Waals surface area contributed by atoms with Crippen molar-refractivity contribution in [2.24, 2.45) is 0 Å². The van der Waals surface area contributed by atoms with Gasteiger partial charge in [-0.25, -0.2) is 0 Å². The molecule has 0 aliphatic carbocycles. The second-order valence-corrected chi connectivity index (χ2v) is 7.34. The molecule has 0 N–H and O–H groups in total. The van der Waals surface area contributed by atoms with E-state index < -0.39 is 0 Å². The zero-order chi connectivity index (χ0) is 17.1. The molecule has 1 aromatic carbocycles. The van der Waals surface area contributed by atoms with Gasteiger partial charge in [0.1, 0.15) is 5.75 Å². The van der Waals surface area contributed by atoms with E-state index in [9.17, 15) is 4.79 Å². The number of fused-ring (bicyclic) bond motifs is 1. The van der Waals surface area contributed by atoms with Crippen LogP contribution in [0.1, 0.15) is 41.6 Å². The number of rotatable bonds is 3. The van der Waals surface area contributed by atoms with E-state index in [2.05, 4.69) is 15.9 Å². The van der Waals surface area contributed by atoms with Gasteiger partial charge in [-0.3, -0.25) is 9.69 Å². The van der Waals surface area contributed by atoms with Crippen LogP contribution in [0.25, 0.3) is 0 Å². The summed E-state index contributed by atoms with van der Waals surface area (Å²) in [5.41, 5.74) is 2.00. The van der Waals surface area contributed by atoms with E-state index in [1.165, 1.54) is 12.0 Å². The van der Waals surface area contributed by atoms with Crippen molar-refractivity contribution in [3.63, 3.8) is 0 Å². The van der Waals surface area contributed by atoms with Crippen molar-refractivity contribution in [3.05, 3.63) is 29.3 Å². The number of likely N-dealkylation sites (tertiary alicyclic amines) is 1. The predicted octanol–water partition coefficient (Wildman–Crippen LogP) is 2.34. The summed E-state index contributed by atoms with van der Waals surface area (Å²) in [5, 5.41) is 0. The fourth-order valence-electron chi connectivity index (χ4n) is 4.20. The highest BCUT2D eigenvalue weighted by Gasteiger charge is 2.30. The SMILES string of the molecule is O=C(c1ccc2c(c1)CCCO2)N1CCCC[C@H]1CN1CCOCC1. The summed E-state index contributed by atoms with van der Waals surface area (Å²) in [4.78, 5) is 17.7. The second-order valence-electron chi connectivity index (χ2n) is 7.34. The lowest BCUT2D eigenvalue weighted by molar-refractivity contribution is 0.0166. The summed E-state index contributed by atoms with van der Waals surface area (Å²) < 4.78 is 11.1. The van der Waals surface area contributed by atoms with Gasteiger partial charge in [0, 0.05) is 37.8 Å². The number of amides is 1. The maximum absolute atomic E-state index is 13.2. The Balaban J connectivity index is 1.48. The van der Waals surface area contributed by atoms with E-state index in [1.807, 2.05) is 12.1 Å². The molecule has 3 heterocycles. The number of aryl methyl sites for hydroxylation is 1. The lowest BCUT2D eigenvalue weighted by Gasteiger charge is -2.39. The lowest BCUT2D eigenvalue weighted by Crippen LogP contribution is -2.51. The zero-order valence-electron chi connectivity index (χ0n) is 14.9. The lowest BCUT2D eigenvalue weighted by atomic mass is 9.98. The minimum atomic E-state index is 0.186. The maximum Gasteiger partial charge on any atom is 0.254 e. The molecule has 0 spiro atoms. The maximum atomic E-state index is 13.2. The van der Waals surface area contributed by atoms with E-state index in [-0.39, 0.29) is 5.91 Å². The summed E-state index contributed by atoms with van der Waals surface area (Å²) >= 11 is 0. The molecule has 4 rings (SSSR count). The van der Waals surface area contributed by atoms with Crippen molar-refractivity contribution in [2.75, 3.05) is 46.0 Å². The van der Waals surface area contributed by atoms with Crippen molar-refractivity contribution in [3.8, 4) is 5.75 Å². The van der Waals surface area contributed by atoms with Crippen LogP contribution >= 0.6 is 0 Å². The third kappa shape index (κ3) is 3.82. The molecule has 2 saturated heterocycles. The fraction of sp³-hybridized carbons (Fsp3) is 0.650. The first-order valence-electron chi connectivity index (χ1n) is 9.68. The Morgan fingerprint density at radius 1 is 1.08 bits per heavy atom. The quantitative estimate of drug-likeness (QED) is 0.844. The largest absolute Gasteiger partial charge is 0.493 e. The molecule has 0 bridgehead atoms. The Bertz CT molecular complexity index is 613. The van der Waals surface area contributed by atoms with Crippen LogP contribution in [0.5, 0.6) is 5.75 Å². The Morgan fingerprint density at radius 3 is 2.84 bits per heavy atom. The van der Waals surface area contributed by atoms with Gasteiger partial charge in [-0.05, 0) is 55.9 Å². The molecule has 136 valence electrons. The molecule has 1 atom stereocenters. The van der Waals surface area contributed by atoms with Crippen LogP contribution in [0, 0.1) is 0 Å². The van der Waals surface area contributed by atoms with E-state index in [0.29, 0.717) is 6.04 Å². The fourth-order valence-corrected chi connectivity index (χ4v) is 4.20. The molecule has 5 nitrogen and oxygen atoms in total. The number of benzene rings is 1. The average molecular weight is 344 g/mol. The molecule has 1 amide bonds. The van der Waals surface area contributed by atoms with Crippen LogP contribution in [0.15, 0.2) is 18.2 Å². The number of ether oxygens (including phenoxy) is 2. The second kappa shape index (κ2) is 7.75. The minimum Gasteiger partial charge on any atom is -0.493 e. The van der Waals surface area contributed by atoms with Crippen LogP contribution in [0.4, 0.5) is 0 Å². The Hall–Kier alpha value is -1.59. The highest BCUT2D eigenvalue weighted by Crippen LogP contribution is 2.27. The molecule has 1 aromatic rings. The number of hydrogen-bond donors (Lipinski definition) is 0. The Morgan fingerprint density at radius 2 is 1.96 bits per heavy atom. The number of hydrogen-bond acceptors (Lipinski definition) is 4. The molecule has 0 aromatic heterocycles. The van der Waals surface area contributed by atoms with Gasteiger partial charge in [0.05, 0.1) is 19.8 Å². The molecule has 0 saturated carbocycles. The van der Waals surface area contributed by atoms with Crippen molar-refractivity contribution in [2.45, 2.75) is 38.1 Å². The van der Waals surface area contributed by atoms with Crippen LogP contribution in [0.2, 0.25) is 0 Å². The van der Waals surface area contributed by atoms with Gasteiger partial charge in [0.15, 0.2) is 0 Å². The van der Waals surface area contributed by atoms with Gasteiger partial charge in [0.25, 0.3) is 5.91 Å². The molecule has 0 radical (unpaired) electrons. The normalized spacial score (nSPS) is 24.5. The number of nitrogens with zero attached hydrogens (tertiary/aromatic N) is 2. The van der Waals surface area contributed by atoms with Crippen LogP contribution in [0.3, 0.4) is 0 Å². The van der Waals surface area contributed by atoms with Gasteiger partial charge in [-0.2, -0.15) is 0 Å². The number of carbonyl (C=O) groups is 1.